The number of esters is 2. The first-order chi connectivity index (χ1) is 9.08. The average molecular weight is 268 g/mol. The summed E-state index contributed by atoms with van der Waals surface area (Å²) >= 11 is 0. The Morgan fingerprint density at radius 1 is 1.16 bits per heavy atom. The Labute approximate surface area is 115 Å². The SMILES string of the molecule is C=CC(=O)OCC(CC)C(CCCC)OC(=O)C=C. The van der Waals surface area contributed by atoms with Crippen LogP contribution in [-0.4, -0.2) is 24.6 Å². The first-order valence-electron chi connectivity index (χ1n) is 6.71. The molecule has 0 aliphatic heterocycles. The molecular formula is C15H24O4. The second kappa shape index (κ2) is 10.4. The van der Waals surface area contributed by atoms with E-state index in [4.69, 9.17) is 9.47 Å². The topological polar surface area (TPSA) is 52.6 Å². The molecule has 108 valence electrons. The number of ether oxygens (including phenoxy) is 2. The molecule has 0 spiro atoms. The van der Waals surface area contributed by atoms with Crippen molar-refractivity contribution in [3.05, 3.63) is 25.3 Å². The molecule has 0 aromatic heterocycles. The largest absolute Gasteiger partial charge is 0.462 e. The molecule has 0 heterocycles. The fraction of sp³-hybridized carbons (Fsp3) is 0.600. The van der Waals surface area contributed by atoms with Gasteiger partial charge in [0.25, 0.3) is 0 Å². The fourth-order valence-corrected chi connectivity index (χ4v) is 1.73. The van der Waals surface area contributed by atoms with Crippen molar-refractivity contribution >= 4 is 11.9 Å². The fourth-order valence-electron chi connectivity index (χ4n) is 1.73. The smallest absolute Gasteiger partial charge is 0.330 e. The molecule has 0 amide bonds. The van der Waals surface area contributed by atoms with Gasteiger partial charge in [0, 0.05) is 18.1 Å². The standard InChI is InChI=1S/C15H24O4/c1-5-9-10-13(19-15(17)8-4)12(6-2)11-18-14(16)7-3/h7-8,12-13H,3-6,9-11H2,1-2H3. The summed E-state index contributed by atoms with van der Waals surface area (Å²) < 4.78 is 10.4. The van der Waals surface area contributed by atoms with Crippen molar-refractivity contribution in [2.45, 2.75) is 45.6 Å². The van der Waals surface area contributed by atoms with E-state index in [0.29, 0.717) is 0 Å². The Balaban J connectivity index is 4.55. The Kier molecular flexibility index (Phi) is 9.49. The Hall–Kier alpha value is -1.58. The molecule has 0 N–H and O–H groups in total. The van der Waals surface area contributed by atoms with Gasteiger partial charge in [0.05, 0.1) is 6.61 Å². The average Bonchev–Trinajstić information content (AvgIpc) is 2.44. The van der Waals surface area contributed by atoms with Gasteiger partial charge < -0.3 is 9.47 Å². The van der Waals surface area contributed by atoms with Gasteiger partial charge in [-0.15, -0.1) is 0 Å². The molecule has 0 aliphatic rings. The first kappa shape index (κ1) is 17.4. The molecule has 4 heteroatoms. The van der Waals surface area contributed by atoms with Gasteiger partial charge in [-0.2, -0.15) is 0 Å². The summed E-state index contributed by atoms with van der Waals surface area (Å²) in [6, 6.07) is 0. The van der Waals surface area contributed by atoms with E-state index in [0.717, 1.165) is 37.8 Å². The molecule has 0 saturated heterocycles. The molecule has 2 unspecified atom stereocenters. The van der Waals surface area contributed by atoms with Crippen molar-refractivity contribution in [2.75, 3.05) is 6.61 Å². The Bertz CT molecular complexity index is 309. The zero-order valence-corrected chi connectivity index (χ0v) is 11.9. The van der Waals surface area contributed by atoms with Crippen molar-refractivity contribution in [1.82, 2.24) is 0 Å². The highest BCUT2D eigenvalue weighted by atomic mass is 16.6. The van der Waals surface area contributed by atoms with Crippen molar-refractivity contribution in [1.29, 1.82) is 0 Å². The van der Waals surface area contributed by atoms with E-state index in [2.05, 4.69) is 20.1 Å². The van der Waals surface area contributed by atoms with Gasteiger partial charge >= 0.3 is 11.9 Å². The predicted molar refractivity (Wildman–Crippen MR) is 74.5 cm³/mol. The highest BCUT2D eigenvalue weighted by Crippen LogP contribution is 2.19. The number of hydrogen-bond donors (Lipinski definition) is 0. The lowest BCUT2D eigenvalue weighted by atomic mass is 9.96. The molecule has 0 fully saturated rings. The van der Waals surface area contributed by atoms with Crippen molar-refractivity contribution in [3.8, 4) is 0 Å². The number of carbonyl (C=O) groups is 2. The maximum absolute atomic E-state index is 11.3. The van der Waals surface area contributed by atoms with Crippen molar-refractivity contribution in [2.24, 2.45) is 5.92 Å². The summed E-state index contributed by atoms with van der Waals surface area (Å²) in [5.74, 6) is -0.892. The zero-order chi connectivity index (χ0) is 14.7. The third-order valence-corrected chi connectivity index (χ3v) is 2.93. The molecule has 0 aromatic carbocycles. The van der Waals surface area contributed by atoms with Gasteiger partial charge in [0.2, 0.25) is 0 Å². The van der Waals surface area contributed by atoms with Crippen LogP contribution in [0.25, 0.3) is 0 Å². The van der Waals surface area contributed by atoms with E-state index >= 15 is 0 Å². The van der Waals surface area contributed by atoms with Crippen LogP contribution in [0.15, 0.2) is 25.3 Å². The van der Waals surface area contributed by atoms with Crippen LogP contribution in [0.4, 0.5) is 0 Å². The molecule has 2 atom stereocenters. The molecule has 4 nitrogen and oxygen atoms in total. The predicted octanol–water partition coefficient (Wildman–Crippen LogP) is 3.03. The van der Waals surface area contributed by atoms with Crippen LogP contribution in [0, 0.1) is 5.92 Å². The van der Waals surface area contributed by atoms with Gasteiger partial charge in [-0.05, 0) is 12.8 Å². The molecule has 0 saturated carbocycles. The van der Waals surface area contributed by atoms with Crippen molar-refractivity contribution < 1.29 is 19.1 Å². The summed E-state index contributed by atoms with van der Waals surface area (Å²) in [5.41, 5.74) is 0. The van der Waals surface area contributed by atoms with E-state index in [1.165, 1.54) is 0 Å². The maximum Gasteiger partial charge on any atom is 0.330 e. The molecule has 0 bridgehead atoms. The quantitative estimate of drug-likeness (QED) is 0.451. The van der Waals surface area contributed by atoms with Gasteiger partial charge in [0.15, 0.2) is 0 Å². The van der Waals surface area contributed by atoms with Gasteiger partial charge in [0.1, 0.15) is 6.10 Å². The summed E-state index contributed by atoms with van der Waals surface area (Å²) in [4.78, 5) is 22.4. The zero-order valence-electron chi connectivity index (χ0n) is 11.9. The minimum Gasteiger partial charge on any atom is -0.462 e. The highest BCUT2D eigenvalue weighted by molar-refractivity contribution is 5.81. The second-order valence-corrected chi connectivity index (χ2v) is 4.32. The second-order valence-electron chi connectivity index (χ2n) is 4.32. The number of unbranched alkanes of at least 4 members (excludes halogenated alkanes) is 1. The molecular weight excluding hydrogens is 244 g/mol. The Morgan fingerprint density at radius 3 is 2.26 bits per heavy atom. The van der Waals surface area contributed by atoms with Crippen molar-refractivity contribution in [3.63, 3.8) is 0 Å². The summed E-state index contributed by atoms with van der Waals surface area (Å²) in [6.07, 6.45) is 5.55. The minimum absolute atomic E-state index is 0.000602. The van der Waals surface area contributed by atoms with Crippen LogP contribution in [0.3, 0.4) is 0 Å². The summed E-state index contributed by atoms with van der Waals surface area (Å²) in [5, 5.41) is 0. The van der Waals surface area contributed by atoms with E-state index in [9.17, 15) is 9.59 Å². The summed E-state index contributed by atoms with van der Waals surface area (Å²) in [7, 11) is 0. The van der Waals surface area contributed by atoms with Gasteiger partial charge in [-0.1, -0.05) is 39.8 Å². The lowest BCUT2D eigenvalue weighted by Gasteiger charge is -2.25. The third kappa shape index (κ3) is 7.44. The maximum atomic E-state index is 11.3. The molecule has 0 rings (SSSR count). The third-order valence-electron chi connectivity index (χ3n) is 2.93. The molecule has 19 heavy (non-hydrogen) atoms. The highest BCUT2D eigenvalue weighted by Gasteiger charge is 2.24. The minimum atomic E-state index is -0.456. The van der Waals surface area contributed by atoms with Crippen LogP contribution in [0.1, 0.15) is 39.5 Å². The monoisotopic (exact) mass is 268 g/mol. The van der Waals surface area contributed by atoms with E-state index in [-0.39, 0.29) is 18.6 Å². The normalized spacial score (nSPS) is 13.2. The number of carbonyl (C=O) groups excluding carboxylic acids is 2. The lowest BCUT2D eigenvalue weighted by Crippen LogP contribution is -2.30. The van der Waals surface area contributed by atoms with Crippen LogP contribution in [0.5, 0.6) is 0 Å². The molecule has 0 radical (unpaired) electrons. The van der Waals surface area contributed by atoms with Gasteiger partial charge in [-0.25, -0.2) is 9.59 Å². The van der Waals surface area contributed by atoms with Crippen LogP contribution < -0.4 is 0 Å². The summed E-state index contributed by atoms with van der Waals surface area (Å²) in [6.45, 7) is 11.0. The van der Waals surface area contributed by atoms with Crippen LogP contribution in [-0.2, 0) is 19.1 Å². The van der Waals surface area contributed by atoms with E-state index < -0.39 is 11.9 Å². The van der Waals surface area contributed by atoms with Crippen LogP contribution >= 0.6 is 0 Å². The lowest BCUT2D eigenvalue weighted by molar-refractivity contribution is -0.150. The van der Waals surface area contributed by atoms with E-state index in [1.807, 2.05) is 6.92 Å². The number of hydrogen-bond acceptors (Lipinski definition) is 4. The van der Waals surface area contributed by atoms with E-state index in [1.54, 1.807) is 0 Å². The van der Waals surface area contributed by atoms with Gasteiger partial charge in [-0.3, -0.25) is 0 Å². The Morgan fingerprint density at radius 2 is 1.79 bits per heavy atom. The van der Waals surface area contributed by atoms with Crippen LogP contribution in [0.2, 0.25) is 0 Å². The first-order valence-corrected chi connectivity index (χ1v) is 6.71. The number of rotatable bonds is 10. The molecule has 0 aromatic rings. The molecule has 0 aliphatic carbocycles.